The molecule has 0 radical (unpaired) electrons. The van der Waals surface area contributed by atoms with Crippen molar-refractivity contribution in [3.8, 4) is 11.3 Å². The Kier molecular flexibility index (Phi) is 5.67. The van der Waals surface area contributed by atoms with Gasteiger partial charge in [-0.05, 0) is 67.8 Å². The van der Waals surface area contributed by atoms with Crippen LogP contribution in [-0.2, 0) is 11.2 Å². The molecule has 1 N–H and O–H groups in total. The number of amides is 1. The molecule has 2 aromatic heterocycles. The summed E-state index contributed by atoms with van der Waals surface area (Å²) in [4.78, 5) is 28.3. The molecule has 7 nitrogen and oxygen atoms in total. The van der Waals surface area contributed by atoms with E-state index in [1.165, 1.54) is 23.8 Å². The van der Waals surface area contributed by atoms with Gasteiger partial charge in [0.25, 0.3) is 5.69 Å². The number of pyridine rings is 1. The maximum Gasteiger partial charge on any atom is 0.289 e. The number of fused-ring (bicyclic) bond motifs is 1. The van der Waals surface area contributed by atoms with Crippen LogP contribution < -0.4 is 5.32 Å². The summed E-state index contributed by atoms with van der Waals surface area (Å²) in [6.07, 6.45) is 1.95. The van der Waals surface area contributed by atoms with Crippen molar-refractivity contribution < 1.29 is 9.72 Å². The highest BCUT2D eigenvalue weighted by Gasteiger charge is 2.19. The molecule has 0 saturated carbocycles. The number of hydrogen-bond acceptors (Lipinski definition) is 4. The van der Waals surface area contributed by atoms with E-state index in [1.54, 1.807) is 0 Å². The van der Waals surface area contributed by atoms with Crippen LogP contribution in [0.1, 0.15) is 22.4 Å². The van der Waals surface area contributed by atoms with E-state index in [2.05, 4.69) is 11.4 Å². The zero-order valence-corrected chi connectivity index (χ0v) is 18.6. The molecule has 8 heteroatoms. The molecule has 0 aliphatic carbocycles. The molecule has 0 aliphatic heterocycles. The van der Waals surface area contributed by atoms with E-state index in [0.29, 0.717) is 5.69 Å². The number of nitro benzene ring substituents is 1. The van der Waals surface area contributed by atoms with Crippen molar-refractivity contribution >= 4 is 34.5 Å². The number of halogens is 1. The van der Waals surface area contributed by atoms with E-state index < -0.39 is 4.92 Å². The van der Waals surface area contributed by atoms with Gasteiger partial charge >= 0.3 is 0 Å². The van der Waals surface area contributed by atoms with Crippen molar-refractivity contribution in [2.24, 2.45) is 0 Å². The molecule has 162 valence electrons. The molecule has 0 aliphatic rings. The van der Waals surface area contributed by atoms with Crippen LogP contribution in [0, 0.1) is 30.9 Å². The van der Waals surface area contributed by atoms with Crippen LogP contribution in [-0.4, -0.2) is 20.2 Å². The molecule has 4 aromatic rings. The summed E-state index contributed by atoms with van der Waals surface area (Å²) in [6, 6.07) is 14.2. The van der Waals surface area contributed by atoms with Crippen molar-refractivity contribution in [3.05, 3.63) is 92.2 Å². The third-order valence-corrected chi connectivity index (χ3v) is 5.74. The second kappa shape index (κ2) is 8.43. The molecule has 32 heavy (non-hydrogen) atoms. The molecule has 0 bridgehead atoms. The lowest BCUT2D eigenvalue weighted by molar-refractivity contribution is -0.384. The van der Waals surface area contributed by atoms with E-state index in [-0.39, 0.29) is 23.0 Å². The fourth-order valence-electron chi connectivity index (χ4n) is 3.57. The maximum absolute atomic E-state index is 12.9. The smallest absolute Gasteiger partial charge is 0.289 e. The Morgan fingerprint density at radius 2 is 1.88 bits per heavy atom. The number of nitro groups is 1. The SMILES string of the molecule is Cc1ccn2c(CC(=O)Nc3ccc(Cl)c([N+](=O)[O-])c3)c(-c3ccc(C)c(C)c3)nc2c1. The highest BCUT2D eigenvalue weighted by Crippen LogP contribution is 2.29. The molecule has 0 saturated heterocycles. The first-order valence-corrected chi connectivity index (χ1v) is 10.4. The summed E-state index contributed by atoms with van der Waals surface area (Å²) in [7, 11) is 0. The summed E-state index contributed by atoms with van der Waals surface area (Å²) in [5, 5.41) is 13.9. The second-order valence-electron chi connectivity index (χ2n) is 7.79. The Hall–Kier alpha value is -3.71. The fourth-order valence-corrected chi connectivity index (χ4v) is 3.76. The normalized spacial score (nSPS) is 11.0. The predicted octanol–water partition coefficient (Wildman–Crippen LogP) is 5.67. The standard InChI is InChI=1S/C24H21ClN4O3/c1-14-8-9-28-21(13-23(30)26-18-6-7-19(25)20(12-18)29(31)32)24(27-22(28)10-14)17-5-4-15(2)16(3)11-17/h4-12H,13H2,1-3H3,(H,26,30). The first-order valence-electron chi connectivity index (χ1n) is 10.0. The van der Waals surface area contributed by atoms with Gasteiger partial charge < -0.3 is 9.72 Å². The summed E-state index contributed by atoms with van der Waals surface area (Å²) in [5.74, 6) is -0.311. The number of aryl methyl sites for hydroxylation is 3. The molecular weight excluding hydrogens is 428 g/mol. The van der Waals surface area contributed by atoms with E-state index in [4.69, 9.17) is 16.6 Å². The van der Waals surface area contributed by atoms with E-state index in [1.807, 2.05) is 55.6 Å². The number of anilines is 1. The summed E-state index contributed by atoms with van der Waals surface area (Å²) >= 11 is 5.87. The molecule has 0 fully saturated rings. The monoisotopic (exact) mass is 448 g/mol. The predicted molar refractivity (Wildman–Crippen MR) is 125 cm³/mol. The van der Waals surface area contributed by atoms with Gasteiger partial charge in [-0.15, -0.1) is 0 Å². The van der Waals surface area contributed by atoms with E-state index >= 15 is 0 Å². The minimum atomic E-state index is -0.581. The molecule has 0 spiro atoms. The average Bonchev–Trinajstić information content (AvgIpc) is 3.08. The van der Waals surface area contributed by atoms with Gasteiger partial charge in [0.1, 0.15) is 10.7 Å². The van der Waals surface area contributed by atoms with Gasteiger partial charge in [-0.1, -0.05) is 23.7 Å². The molecular formula is C24H21ClN4O3. The number of imidazole rings is 1. The lowest BCUT2D eigenvalue weighted by Gasteiger charge is -2.09. The number of carbonyl (C=O) groups excluding carboxylic acids is 1. The second-order valence-corrected chi connectivity index (χ2v) is 8.19. The zero-order valence-electron chi connectivity index (χ0n) is 17.8. The molecule has 2 heterocycles. The Bertz CT molecular complexity index is 1380. The summed E-state index contributed by atoms with van der Waals surface area (Å²) in [5.41, 5.74) is 6.59. The fraction of sp³-hybridized carbons (Fsp3) is 0.167. The number of carbonyl (C=O) groups is 1. The van der Waals surface area contributed by atoms with Crippen LogP contribution >= 0.6 is 11.6 Å². The Morgan fingerprint density at radius 1 is 1.09 bits per heavy atom. The number of aromatic nitrogens is 2. The number of nitrogens with one attached hydrogen (secondary N) is 1. The lowest BCUT2D eigenvalue weighted by Crippen LogP contribution is -2.16. The van der Waals surface area contributed by atoms with Gasteiger partial charge in [0.15, 0.2) is 0 Å². The van der Waals surface area contributed by atoms with Crippen LogP contribution in [0.15, 0.2) is 54.7 Å². The van der Waals surface area contributed by atoms with Gasteiger partial charge in [-0.3, -0.25) is 14.9 Å². The first kappa shape index (κ1) is 21.5. The maximum atomic E-state index is 12.9. The van der Waals surface area contributed by atoms with Crippen LogP contribution in [0.5, 0.6) is 0 Å². The minimum absolute atomic E-state index is 0.0159. The van der Waals surface area contributed by atoms with E-state index in [0.717, 1.165) is 33.7 Å². The van der Waals surface area contributed by atoms with Gasteiger partial charge in [-0.25, -0.2) is 4.98 Å². The Balaban J connectivity index is 1.72. The summed E-state index contributed by atoms with van der Waals surface area (Å²) in [6.45, 7) is 6.08. The molecule has 0 atom stereocenters. The van der Waals surface area contributed by atoms with Gasteiger partial charge in [0.2, 0.25) is 5.91 Å². The third kappa shape index (κ3) is 4.20. The topological polar surface area (TPSA) is 89.5 Å². The van der Waals surface area contributed by atoms with Crippen molar-refractivity contribution in [1.82, 2.24) is 9.38 Å². The highest BCUT2D eigenvalue weighted by molar-refractivity contribution is 6.32. The van der Waals surface area contributed by atoms with Crippen LogP contribution in [0.25, 0.3) is 16.9 Å². The molecule has 2 aromatic carbocycles. The summed E-state index contributed by atoms with van der Waals surface area (Å²) < 4.78 is 1.90. The number of hydrogen-bond donors (Lipinski definition) is 1. The molecule has 0 unspecified atom stereocenters. The van der Waals surface area contributed by atoms with Gasteiger partial charge in [0, 0.05) is 23.5 Å². The van der Waals surface area contributed by atoms with Crippen LogP contribution in [0.4, 0.5) is 11.4 Å². The molecule has 4 rings (SSSR count). The largest absolute Gasteiger partial charge is 0.325 e. The van der Waals surface area contributed by atoms with Crippen molar-refractivity contribution in [2.75, 3.05) is 5.32 Å². The van der Waals surface area contributed by atoms with Crippen molar-refractivity contribution in [1.29, 1.82) is 0 Å². The number of rotatable bonds is 5. The highest BCUT2D eigenvalue weighted by atomic mass is 35.5. The van der Waals surface area contributed by atoms with E-state index in [9.17, 15) is 14.9 Å². The quantitative estimate of drug-likeness (QED) is 0.314. The minimum Gasteiger partial charge on any atom is -0.325 e. The van der Waals surface area contributed by atoms with Gasteiger partial charge in [0.05, 0.1) is 22.7 Å². The average molecular weight is 449 g/mol. The van der Waals surface area contributed by atoms with Crippen molar-refractivity contribution in [3.63, 3.8) is 0 Å². The molecule has 1 amide bonds. The van der Waals surface area contributed by atoms with Crippen LogP contribution in [0.3, 0.4) is 0 Å². The zero-order chi connectivity index (χ0) is 23.0. The van der Waals surface area contributed by atoms with Crippen LogP contribution in [0.2, 0.25) is 5.02 Å². The van der Waals surface area contributed by atoms with Crippen molar-refractivity contribution in [2.45, 2.75) is 27.2 Å². The van der Waals surface area contributed by atoms with Gasteiger partial charge in [-0.2, -0.15) is 0 Å². The third-order valence-electron chi connectivity index (χ3n) is 5.42. The lowest BCUT2D eigenvalue weighted by atomic mass is 10.0. The number of benzene rings is 2. The first-order chi connectivity index (χ1) is 15.2. The number of nitrogens with zero attached hydrogens (tertiary/aromatic N) is 3. The Morgan fingerprint density at radius 3 is 2.59 bits per heavy atom. The Labute approximate surface area is 189 Å².